The van der Waals surface area contributed by atoms with Gasteiger partial charge in [-0.15, -0.1) is 0 Å². The first-order chi connectivity index (χ1) is 13.4. The van der Waals surface area contributed by atoms with E-state index in [0.717, 1.165) is 22.3 Å². The van der Waals surface area contributed by atoms with Gasteiger partial charge in [0, 0.05) is 17.0 Å². The molecule has 0 radical (unpaired) electrons. The molecule has 4 nitrogen and oxygen atoms in total. The predicted octanol–water partition coefficient (Wildman–Crippen LogP) is 5.48. The van der Waals surface area contributed by atoms with Crippen LogP contribution in [0.25, 0.3) is 0 Å². The Balaban J connectivity index is 2.50. The van der Waals surface area contributed by atoms with E-state index in [1.165, 1.54) is 0 Å². The van der Waals surface area contributed by atoms with E-state index >= 15 is 0 Å². The summed E-state index contributed by atoms with van der Waals surface area (Å²) in [6.07, 6.45) is -0.116. The van der Waals surface area contributed by atoms with Crippen LogP contribution in [0.3, 0.4) is 0 Å². The third-order valence-electron chi connectivity index (χ3n) is 5.12. The van der Waals surface area contributed by atoms with Gasteiger partial charge in [-0.2, -0.15) is 0 Å². The van der Waals surface area contributed by atoms with Crippen LogP contribution >= 0.6 is 7.14 Å². The van der Waals surface area contributed by atoms with Crippen LogP contribution < -0.4 is 5.30 Å². The SMILES string of the molecule is Cc1cc(C)c(C(=O)P(=O)(CCC(=O)OC(C)(C)C)c2ccccc2)c(C)c1C. The Morgan fingerprint density at radius 2 is 1.52 bits per heavy atom. The molecule has 1 atom stereocenters. The highest BCUT2D eigenvalue weighted by Crippen LogP contribution is 2.49. The second-order valence-corrected chi connectivity index (χ2v) is 11.4. The first-order valence-electron chi connectivity index (χ1n) is 9.85. The first-order valence-corrected chi connectivity index (χ1v) is 11.7. The Labute approximate surface area is 174 Å². The van der Waals surface area contributed by atoms with Crippen molar-refractivity contribution < 1.29 is 18.9 Å². The van der Waals surface area contributed by atoms with Gasteiger partial charge >= 0.3 is 5.97 Å². The minimum absolute atomic E-state index is 0.0451. The van der Waals surface area contributed by atoms with Gasteiger partial charge in [-0.1, -0.05) is 36.4 Å². The van der Waals surface area contributed by atoms with Gasteiger partial charge in [-0.3, -0.25) is 9.59 Å². The van der Waals surface area contributed by atoms with Crippen molar-refractivity contribution in [2.24, 2.45) is 0 Å². The fraction of sp³-hybridized carbons (Fsp3) is 0.417. The molecule has 0 heterocycles. The van der Waals surface area contributed by atoms with E-state index in [1.54, 1.807) is 45.0 Å². The number of hydrogen-bond donors (Lipinski definition) is 0. The van der Waals surface area contributed by atoms with Crippen LogP contribution in [-0.2, 0) is 14.1 Å². The number of aryl methyl sites for hydroxylation is 2. The van der Waals surface area contributed by atoms with Crippen LogP contribution in [0.4, 0.5) is 0 Å². The molecule has 2 aromatic rings. The van der Waals surface area contributed by atoms with Crippen molar-refractivity contribution in [3.63, 3.8) is 0 Å². The van der Waals surface area contributed by atoms with Crippen molar-refractivity contribution >= 4 is 23.9 Å². The number of benzene rings is 2. The van der Waals surface area contributed by atoms with Gasteiger partial charge in [-0.05, 0) is 70.7 Å². The Hall–Kier alpha value is -2.19. The first kappa shape index (κ1) is 23.1. The maximum atomic E-state index is 14.1. The quantitative estimate of drug-likeness (QED) is 0.464. The van der Waals surface area contributed by atoms with E-state index in [9.17, 15) is 14.2 Å². The van der Waals surface area contributed by atoms with Crippen LogP contribution in [0.15, 0.2) is 36.4 Å². The monoisotopic (exact) mass is 414 g/mol. The summed E-state index contributed by atoms with van der Waals surface area (Å²) in [5.74, 6) is -0.449. The predicted molar refractivity (Wildman–Crippen MR) is 119 cm³/mol. The number of carbonyl (C=O) groups excluding carboxylic acids is 2. The van der Waals surface area contributed by atoms with Crippen molar-refractivity contribution in [3.8, 4) is 0 Å². The lowest BCUT2D eigenvalue weighted by atomic mass is 9.95. The van der Waals surface area contributed by atoms with Crippen molar-refractivity contribution in [1.29, 1.82) is 0 Å². The van der Waals surface area contributed by atoms with Crippen LogP contribution in [0.2, 0.25) is 0 Å². The zero-order valence-electron chi connectivity index (χ0n) is 18.5. The van der Waals surface area contributed by atoms with Gasteiger partial charge in [0.05, 0.1) is 6.42 Å². The molecule has 0 aliphatic carbocycles. The highest BCUT2D eigenvalue weighted by Gasteiger charge is 2.37. The molecule has 5 heteroatoms. The van der Waals surface area contributed by atoms with E-state index < -0.39 is 18.7 Å². The topological polar surface area (TPSA) is 60.4 Å². The number of esters is 1. The Morgan fingerprint density at radius 1 is 0.931 bits per heavy atom. The Kier molecular flexibility index (Phi) is 6.90. The lowest BCUT2D eigenvalue weighted by Crippen LogP contribution is -2.25. The van der Waals surface area contributed by atoms with E-state index in [0.29, 0.717) is 10.9 Å². The molecule has 0 aliphatic rings. The number of rotatable bonds is 6. The third kappa shape index (κ3) is 5.25. The van der Waals surface area contributed by atoms with E-state index in [1.807, 2.05) is 39.8 Å². The van der Waals surface area contributed by atoms with Crippen molar-refractivity contribution in [2.75, 3.05) is 6.16 Å². The molecular formula is C24H31O4P. The second-order valence-electron chi connectivity index (χ2n) is 8.58. The van der Waals surface area contributed by atoms with Crippen molar-refractivity contribution in [2.45, 2.75) is 60.5 Å². The van der Waals surface area contributed by atoms with Crippen molar-refractivity contribution in [3.05, 3.63) is 64.2 Å². The molecule has 2 aromatic carbocycles. The summed E-state index contributed by atoms with van der Waals surface area (Å²) in [5, 5.41) is 0.477. The molecule has 0 aliphatic heterocycles. The molecule has 2 rings (SSSR count). The van der Waals surface area contributed by atoms with Crippen molar-refractivity contribution in [1.82, 2.24) is 0 Å². The van der Waals surface area contributed by atoms with Gasteiger partial charge in [-0.25, -0.2) is 0 Å². The van der Waals surface area contributed by atoms with Crippen LogP contribution in [0, 0.1) is 27.7 Å². The fourth-order valence-corrected chi connectivity index (χ4v) is 6.00. The molecule has 29 heavy (non-hydrogen) atoms. The molecule has 0 saturated carbocycles. The fourth-order valence-electron chi connectivity index (χ4n) is 3.45. The van der Waals surface area contributed by atoms with Gasteiger partial charge in [0.2, 0.25) is 5.52 Å². The largest absolute Gasteiger partial charge is 0.460 e. The maximum Gasteiger partial charge on any atom is 0.306 e. The van der Waals surface area contributed by atoms with Crippen LogP contribution in [0.5, 0.6) is 0 Å². The smallest absolute Gasteiger partial charge is 0.306 e. The second kappa shape index (κ2) is 8.67. The molecule has 156 valence electrons. The normalized spacial score (nSPS) is 13.6. The van der Waals surface area contributed by atoms with Gasteiger partial charge in [0.15, 0.2) is 7.14 Å². The Morgan fingerprint density at radius 3 is 2.07 bits per heavy atom. The summed E-state index contributed by atoms with van der Waals surface area (Å²) in [6.45, 7) is 13.1. The average Bonchev–Trinajstić information content (AvgIpc) is 2.63. The Bertz CT molecular complexity index is 969. The minimum atomic E-state index is -3.53. The van der Waals surface area contributed by atoms with Gasteiger partial charge in [0.25, 0.3) is 0 Å². The molecule has 1 unspecified atom stereocenters. The van der Waals surface area contributed by atoms with E-state index in [4.69, 9.17) is 4.74 Å². The van der Waals surface area contributed by atoms with E-state index in [2.05, 4.69) is 0 Å². The summed E-state index contributed by atoms with van der Waals surface area (Å²) in [7, 11) is -3.53. The number of carbonyl (C=O) groups is 2. The summed E-state index contributed by atoms with van der Waals surface area (Å²) < 4.78 is 19.5. The average molecular weight is 414 g/mol. The minimum Gasteiger partial charge on any atom is -0.460 e. The molecule has 0 fully saturated rings. The third-order valence-corrected chi connectivity index (χ3v) is 7.99. The number of ether oxygens (including phenoxy) is 1. The number of hydrogen-bond acceptors (Lipinski definition) is 4. The molecule has 0 bridgehead atoms. The zero-order chi connectivity index (χ0) is 22.0. The molecule has 0 saturated heterocycles. The molecule has 0 aromatic heterocycles. The van der Waals surface area contributed by atoms with Gasteiger partial charge < -0.3 is 9.30 Å². The summed E-state index contributed by atoms with van der Waals surface area (Å²) >= 11 is 0. The molecule has 0 amide bonds. The lowest BCUT2D eigenvalue weighted by molar-refractivity contribution is -0.154. The molecular weight excluding hydrogens is 383 g/mol. The highest BCUT2D eigenvalue weighted by molar-refractivity contribution is 7.87. The van der Waals surface area contributed by atoms with Crippen LogP contribution in [-0.4, -0.2) is 23.3 Å². The van der Waals surface area contributed by atoms with Gasteiger partial charge in [0.1, 0.15) is 5.60 Å². The maximum absolute atomic E-state index is 14.1. The molecule has 0 N–H and O–H groups in total. The standard InChI is InChI=1S/C24H31O4P/c1-16-15-17(2)22(19(4)18(16)3)23(26)29(27,20-11-9-8-10-12-20)14-13-21(25)28-24(5,6)7/h8-12,15H,13-14H2,1-7H3. The lowest BCUT2D eigenvalue weighted by Gasteiger charge is -2.23. The summed E-state index contributed by atoms with van der Waals surface area (Å²) in [4.78, 5) is 25.9. The molecule has 0 spiro atoms. The summed E-state index contributed by atoms with van der Waals surface area (Å²) in [5.41, 5.74) is 3.27. The zero-order valence-corrected chi connectivity index (χ0v) is 19.4. The van der Waals surface area contributed by atoms with E-state index in [-0.39, 0.29) is 18.1 Å². The highest BCUT2D eigenvalue weighted by atomic mass is 31.2. The van der Waals surface area contributed by atoms with Crippen LogP contribution in [0.1, 0.15) is 59.8 Å². The summed E-state index contributed by atoms with van der Waals surface area (Å²) in [6, 6.07) is 10.7.